The second-order valence-corrected chi connectivity index (χ2v) is 1.12. The highest BCUT2D eigenvalue weighted by Crippen LogP contribution is 1.75. The Balaban J connectivity index is 2.77. The Morgan fingerprint density at radius 3 is 3.25 bits per heavy atom. The number of oxime groups is 1. The number of H-pyrrole nitrogens is 1. The fourth-order valence-electron chi connectivity index (χ4n) is 0.332. The maximum atomic E-state index is 7.92. The maximum Gasteiger partial charge on any atom is 0.170 e. The molecule has 0 bridgehead atoms. The molecule has 1 aromatic heterocycles. The predicted octanol–water partition coefficient (Wildman–Crippen LogP) is -0.387. The Hall–Kier alpha value is -1.39. The van der Waals surface area contributed by atoms with E-state index in [1.807, 2.05) is 0 Å². The lowest BCUT2D eigenvalue weighted by Crippen LogP contribution is -1.82. The van der Waals surface area contributed by atoms with Crippen molar-refractivity contribution in [2.45, 2.75) is 0 Å². The van der Waals surface area contributed by atoms with E-state index < -0.39 is 0 Å². The van der Waals surface area contributed by atoms with Crippen molar-refractivity contribution >= 4 is 6.21 Å². The molecule has 0 unspecified atom stereocenters. The average molecular weight is 112 g/mol. The number of rotatable bonds is 1. The van der Waals surface area contributed by atoms with Gasteiger partial charge >= 0.3 is 0 Å². The second-order valence-electron chi connectivity index (χ2n) is 1.12. The first-order valence-corrected chi connectivity index (χ1v) is 1.96. The van der Waals surface area contributed by atoms with Crippen LogP contribution in [0.15, 0.2) is 11.5 Å². The molecular weight excluding hydrogens is 108 g/mol. The second kappa shape index (κ2) is 2.06. The number of aromatic amines is 1. The molecule has 0 aliphatic carbocycles. The van der Waals surface area contributed by atoms with Crippen molar-refractivity contribution in [2.75, 3.05) is 0 Å². The van der Waals surface area contributed by atoms with Gasteiger partial charge in [0, 0.05) is 0 Å². The van der Waals surface area contributed by atoms with Crippen LogP contribution in [0.1, 0.15) is 5.82 Å². The molecule has 0 aromatic carbocycles. The van der Waals surface area contributed by atoms with Crippen molar-refractivity contribution in [1.29, 1.82) is 0 Å². The summed E-state index contributed by atoms with van der Waals surface area (Å²) in [6.45, 7) is 0. The fourth-order valence-corrected chi connectivity index (χ4v) is 0.332. The standard InChI is InChI=1S/C3H4N4O/c8-6-1-3-4-2-5-7-3/h1-2,8H,(H,4,5,7)/b6-1+. The van der Waals surface area contributed by atoms with E-state index in [4.69, 9.17) is 5.21 Å². The van der Waals surface area contributed by atoms with Crippen molar-refractivity contribution < 1.29 is 5.21 Å². The normalized spacial score (nSPS) is 10.5. The first-order valence-electron chi connectivity index (χ1n) is 1.96. The van der Waals surface area contributed by atoms with Gasteiger partial charge in [-0.15, -0.1) is 0 Å². The van der Waals surface area contributed by atoms with E-state index in [0.29, 0.717) is 5.82 Å². The number of hydrogen-bond acceptors (Lipinski definition) is 4. The molecule has 8 heavy (non-hydrogen) atoms. The van der Waals surface area contributed by atoms with Crippen LogP contribution in [0, 0.1) is 0 Å². The average Bonchev–Trinajstić information content (AvgIpc) is 2.19. The SMILES string of the molecule is O/N=C/c1ncn[nH]1. The Morgan fingerprint density at radius 2 is 2.75 bits per heavy atom. The molecule has 0 spiro atoms. The highest BCUT2D eigenvalue weighted by molar-refractivity contribution is 5.73. The first-order chi connectivity index (χ1) is 3.93. The van der Waals surface area contributed by atoms with Crippen LogP contribution < -0.4 is 0 Å². The molecular formula is C3H4N4O. The molecule has 0 fully saturated rings. The lowest BCUT2D eigenvalue weighted by molar-refractivity contribution is 0.321. The molecule has 1 aromatic rings. The van der Waals surface area contributed by atoms with Crippen LogP contribution in [0.2, 0.25) is 0 Å². The predicted molar refractivity (Wildman–Crippen MR) is 25.8 cm³/mol. The highest BCUT2D eigenvalue weighted by atomic mass is 16.4. The Labute approximate surface area is 45.1 Å². The third kappa shape index (κ3) is 0.810. The zero-order valence-electron chi connectivity index (χ0n) is 3.94. The van der Waals surface area contributed by atoms with Crippen molar-refractivity contribution in [3.05, 3.63) is 12.2 Å². The molecule has 5 nitrogen and oxygen atoms in total. The van der Waals surface area contributed by atoms with Gasteiger partial charge in [-0.05, 0) is 0 Å². The van der Waals surface area contributed by atoms with Gasteiger partial charge in [-0.1, -0.05) is 5.16 Å². The Kier molecular flexibility index (Phi) is 1.23. The molecule has 0 atom stereocenters. The summed E-state index contributed by atoms with van der Waals surface area (Å²) in [7, 11) is 0. The third-order valence-corrected chi connectivity index (χ3v) is 0.614. The van der Waals surface area contributed by atoms with Crippen LogP contribution in [0.25, 0.3) is 0 Å². The van der Waals surface area contributed by atoms with Gasteiger partial charge in [-0.2, -0.15) is 5.10 Å². The van der Waals surface area contributed by atoms with Gasteiger partial charge in [0.1, 0.15) is 12.5 Å². The Bertz CT molecular complexity index is 167. The van der Waals surface area contributed by atoms with Crippen molar-refractivity contribution in [2.24, 2.45) is 5.16 Å². The Morgan fingerprint density at radius 1 is 1.88 bits per heavy atom. The van der Waals surface area contributed by atoms with E-state index in [9.17, 15) is 0 Å². The van der Waals surface area contributed by atoms with Crippen molar-refractivity contribution in [1.82, 2.24) is 15.2 Å². The van der Waals surface area contributed by atoms with Crippen molar-refractivity contribution in [3.63, 3.8) is 0 Å². The summed E-state index contributed by atoms with van der Waals surface area (Å²) in [6, 6.07) is 0. The van der Waals surface area contributed by atoms with E-state index in [0.717, 1.165) is 6.21 Å². The molecule has 2 N–H and O–H groups in total. The summed E-state index contributed by atoms with van der Waals surface area (Å²) in [6.07, 6.45) is 2.49. The van der Waals surface area contributed by atoms with Gasteiger partial charge < -0.3 is 5.21 Å². The molecule has 0 saturated heterocycles. The van der Waals surface area contributed by atoms with E-state index in [1.165, 1.54) is 6.33 Å². The van der Waals surface area contributed by atoms with Crippen LogP contribution in [0.4, 0.5) is 0 Å². The van der Waals surface area contributed by atoms with E-state index in [1.54, 1.807) is 0 Å². The highest BCUT2D eigenvalue weighted by Gasteiger charge is 1.84. The largest absolute Gasteiger partial charge is 0.411 e. The molecule has 1 heterocycles. The van der Waals surface area contributed by atoms with Crippen LogP contribution in [0.5, 0.6) is 0 Å². The van der Waals surface area contributed by atoms with Crippen LogP contribution >= 0.6 is 0 Å². The molecule has 1 rings (SSSR count). The topological polar surface area (TPSA) is 74.2 Å². The van der Waals surface area contributed by atoms with Gasteiger partial charge in [-0.25, -0.2) is 4.98 Å². The van der Waals surface area contributed by atoms with Gasteiger partial charge in [-0.3, -0.25) is 5.10 Å². The summed E-state index contributed by atoms with van der Waals surface area (Å²) in [5.74, 6) is 0.438. The molecule has 5 heteroatoms. The maximum absolute atomic E-state index is 7.92. The minimum Gasteiger partial charge on any atom is -0.411 e. The fraction of sp³-hybridized carbons (Fsp3) is 0. The molecule has 0 aliphatic heterocycles. The molecule has 0 saturated carbocycles. The van der Waals surface area contributed by atoms with Crippen molar-refractivity contribution in [3.8, 4) is 0 Å². The van der Waals surface area contributed by atoms with E-state index >= 15 is 0 Å². The smallest absolute Gasteiger partial charge is 0.170 e. The van der Waals surface area contributed by atoms with E-state index in [-0.39, 0.29) is 0 Å². The summed E-state index contributed by atoms with van der Waals surface area (Å²) in [5, 5.41) is 16.6. The molecule has 0 radical (unpaired) electrons. The van der Waals surface area contributed by atoms with Crippen LogP contribution in [-0.2, 0) is 0 Å². The zero-order valence-corrected chi connectivity index (χ0v) is 3.94. The molecule has 42 valence electrons. The monoisotopic (exact) mass is 112 g/mol. The van der Waals surface area contributed by atoms with Gasteiger partial charge in [0.15, 0.2) is 5.82 Å². The minimum atomic E-state index is 0.438. The first kappa shape index (κ1) is 4.76. The lowest BCUT2D eigenvalue weighted by Gasteiger charge is -1.72. The quantitative estimate of drug-likeness (QED) is 0.295. The molecule has 0 aliphatic rings. The summed E-state index contributed by atoms with van der Waals surface area (Å²) in [5.41, 5.74) is 0. The van der Waals surface area contributed by atoms with Gasteiger partial charge in [0.2, 0.25) is 0 Å². The third-order valence-electron chi connectivity index (χ3n) is 0.614. The number of nitrogens with zero attached hydrogens (tertiary/aromatic N) is 3. The van der Waals surface area contributed by atoms with Gasteiger partial charge in [0.05, 0.1) is 0 Å². The summed E-state index contributed by atoms with van der Waals surface area (Å²) >= 11 is 0. The summed E-state index contributed by atoms with van der Waals surface area (Å²) in [4.78, 5) is 3.63. The number of nitrogens with one attached hydrogen (secondary N) is 1. The number of hydrogen-bond donors (Lipinski definition) is 2. The van der Waals surface area contributed by atoms with Crippen LogP contribution in [0.3, 0.4) is 0 Å². The summed E-state index contributed by atoms with van der Waals surface area (Å²) < 4.78 is 0. The van der Waals surface area contributed by atoms with E-state index in [2.05, 4.69) is 20.3 Å². The number of aromatic nitrogens is 3. The zero-order chi connectivity index (χ0) is 5.82. The minimum absolute atomic E-state index is 0.438. The molecule has 0 amide bonds. The van der Waals surface area contributed by atoms with Crippen LogP contribution in [-0.4, -0.2) is 26.6 Å². The van der Waals surface area contributed by atoms with Gasteiger partial charge in [0.25, 0.3) is 0 Å². The lowest BCUT2D eigenvalue weighted by atomic mass is 10.7.